The van der Waals surface area contributed by atoms with E-state index < -0.39 is 0 Å². The van der Waals surface area contributed by atoms with Crippen LogP contribution in [-0.4, -0.2) is 13.7 Å². The maximum Gasteiger partial charge on any atom is 0.175 e. The van der Waals surface area contributed by atoms with Crippen LogP contribution in [-0.2, 0) is 19.6 Å². The second-order valence-electron chi connectivity index (χ2n) is 6.69. The summed E-state index contributed by atoms with van der Waals surface area (Å²) in [5.41, 5.74) is 3.19. The first kappa shape index (κ1) is 26.1. The molecular formula is C23H22BrCl4NO2. The highest BCUT2D eigenvalue weighted by Crippen LogP contribution is 2.37. The Kier molecular flexibility index (Phi) is 10.8. The Morgan fingerprint density at radius 1 is 0.903 bits per heavy atom. The monoisotopic (exact) mass is 563 g/mol. The molecule has 0 spiro atoms. The summed E-state index contributed by atoms with van der Waals surface area (Å²) in [6.07, 6.45) is 0.929. The molecule has 0 aliphatic rings. The molecule has 3 aromatic rings. The van der Waals surface area contributed by atoms with Crippen LogP contribution in [0.15, 0.2) is 59.1 Å². The van der Waals surface area contributed by atoms with Gasteiger partial charge in [0.2, 0.25) is 0 Å². The highest BCUT2D eigenvalue weighted by Gasteiger charge is 2.13. The fraction of sp³-hybridized carbons (Fsp3) is 0.217. The quantitative estimate of drug-likeness (QED) is 0.269. The van der Waals surface area contributed by atoms with Crippen LogP contribution in [0.4, 0.5) is 0 Å². The molecule has 0 heterocycles. The fourth-order valence-corrected chi connectivity index (χ4v) is 4.11. The lowest BCUT2D eigenvalue weighted by atomic mass is 10.1. The molecule has 0 atom stereocenters. The minimum absolute atomic E-state index is 0. The molecule has 0 aliphatic carbocycles. The van der Waals surface area contributed by atoms with Crippen LogP contribution in [0, 0.1) is 0 Å². The van der Waals surface area contributed by atoms with Crippen LogP contribution < -0.4 is 14.8 Å². The molecule has 0 bridgehead atoms. The van der Waals surface area contributed by atoms with Crippen molar-refractivity contribution in [1.29, 1.82) is 0 Å². The Balaban J connectivity index is 0.00000341. The van der Waals surface area contributed by atoms with Crippen molar-refractivity contribution < 1.29 is 9.47 Å². The number of nitrogens with one attached hydrogen (secondary N) is 1. The molecule has 0 unspecified atom stereocenters. The van der Waals surface area contributed by atoms with Gasteiger partial charge in [-0.05, 0) is 76.4 Å². The summed E-state index contributed by atoms with van der Waals surface area (Å²) in [6, 6.07) is 17.2. The van der Waals surface area contributed by atoms with Gasteiger partial charge >= 0.3 is 0 Å². The molecule has 0 amide bonds. The Bertz CT molecular complexity index is 1000. The number of ether oxygens (including phenoxy) is 2. The van der Waals surface area contributed by atoms with E-state index in [1.807, 2.05) is 42.5 Å². The standard InChI is InChI=1S/C23H21BrCl3NO2.ClH/c1-29-22-11-16(13-28-9-8-15-2-5-18(25)6-3-15)10-20(24)23(22)30-14-17-4-7-19(26)12-21(17)27;/h2-7,10-12,28H,8-9,13-14H2,1H3;1H. The van der Waals surface area contributed by atoms with Crippen molar-refractivity contribution in [2.45, 2.75) is 19.6 Å². The number of rotatable bonds is 9. The van der Waals surface area contributed by atoms with Crippen molar-refractivity contribution in [3.8, 4) is 11.5 Å². The van der Waals surface area contributed by atoms with Crippen LogP contribution in [0.1, 0.15) is 16.7 Å². The van der Waals surface area contributed by atoms with Gasteiger partial charge < -0.3 is 14.8 Å². The van der Waals surface area contributed by atoms with E-state index in [1.165, 1.54) is 5.56 Å². The molecular weight excluding hydrogens is 544 g/mol. The number of hydrogen-bond donors (Lipinski definition) is 1. The highest BCUT2D eigenvalue weighted by atomic mass is 79.9. The SMILES string of the molecule is COc1cc(CNCCc2ccc(Cl)cc2)cc(Br)c1OCc1ccc(Cl)cc1Cl.Cl. The van der Waals surface area contributed by atoms with Gasteiger partial charge in [-0.25, -0.2) is 0 Å². The van der Waals surface area contributed by atoms with Crippen molar-refractivity contribution in [1.82, 2.24) is 5.32 Å². The molecule has 0 saturated carbocycles. The summed E-state index contributed by atoms with van der Waals surface area (Å²) in [5.74, 6) is 1.29. The van der Waals surface area contributed by atoms with Gasteiger partial charge in [0.15, 0.2) is 11.5 Å². The van der Waals surface area contributed by atoms with Crippen molar-refractivity contribution in [2.75, 3.05) is 13.7 Å². The van der Waals surface area contributed by atoms with Crippen LogP contribution >= 0.6 is 63.1 Å². The first-order valence-electron chi connectivity index (χ1n) is 9.34. The zero-order valence-corrected chi connectivity index (χ0v) is 21.4. The predicted molar refractivity (Wildman–Crippen MR) is 136 cm³/mol. The zero-order chi connectivity index (χ0) is 21.5. The summed E-state index contributed by atoms with van der Waals surface area (Å²) in [5, 5.41) is 5.37. The number of hydrogen-bond acceptors (Lipinski definition) is 3. The molecule has 166 valence electrons. The molecule has 0 fully saturated rings. The predicted octanol–water partition coefficient (Wildman–Crippen LogP) is 7.75. The van der Waals surface area contributed by atoms with Gasteiger partial charge in [-0.3, -0.25) is 0 Å². The molecule has 0 aliphatic heterocycles. The molecule has 0 saturated heterocycles. The summed E-state index contributed by atoms with van der Waals surface area (Å²) >= 11 is 21.7. The molecule has 31 heavy (non-hydrogen) atoms. The number of methoxy groups -OCH3 is 1. The molecule has 0 aromatic heterocycles. The maximum atomic E-state index is 6.24. The number of benzene rings is 3. The van der Waals surface area contributed by atoms with E-state index >= 15 is 0 Å². The fourth-order valence-electron chi connectivity index (χ4n) is 2.92. The van der Waals surface area contributed by atoms with E-state index in [0.29, 0.717) is 34.7 Å². The normalized spacial score (nSPS) is 10.5. The highest BCUT2D eigenvalue weighted by molar-refractivity contribution is 9.10. The second-order valence-corrected chi connectivity index (χ2v) is 8.82. The first-order chi connectivity index (χ1) is 14.5. The van der Waals surface area contributed by atoms with E-state index in [4.69, 9.17) is 44.3 Å². The van der Waals surface area contributed by atoms with Gasteiger partial charge in [0, 0.05) is 27.2 Å². The molecule has 1 N–H and O–H groups in total. The van der Waals surface area contributed by atoms with Crippen molar-refractivity contribution in [3.63, 3.8) is 0 Å². The zero-order valence-electron chi connectivity index (χ0n) is 16.8. The number of halogens is 5. The van der Waals surface area contributed by atoms with E-state index in [2.05, 4.69) is 21.2 Å². The van der Waals surface area contributed by atoms with Crippen LogP contribution in [0.25, 0.3) is 0 Å². The van der Waals surface area contributed by atoms with E-state index in [1.54, 1.807) is 19.2 Å². The third kappa shape index (κ3) is 7.74. The Hall–Kier alpha value is -1.14. The van der Waals surface area contributed by atoms with Gasteiger partial charge in [0.05, 0.1) is 11.6 Å². The smallest absolute Gasteiger partial charge is 0.175 e. The average Bonchev–Trinajstić information content (AvgIpc) is 2.72. The largest absolute Gasteiger partial charge is 0.493 e. The third-order valence-electron chi connectivity index (χ3n) is 4.51. The van der Waals surface area contributed by atoms with Crippen LogP contribution in [0.2, 0.25) is 15.1 Å². The summed E-state index contributed by atoms with van der Waals surface area (Å²) in [7, 11) is 1.63. The van der Waals surface area contributed by atoms with Crippen LogP contribution in [0.5, 0.6) is 11.5 Å². The third-order valence-corrected chi connectivity index (χ3v) is 5.94. The van der Waals surface area contributed by atoms with Gasteiger partial charge in [0.25, 0.3) is 0 Å². The van der Waals surface area contributed by atoms with Gasteiger partial charge in [-0.1, -0.05) is 53.0 Å². The first-order valence-corrected chi connectivity index (χ1v) is 11.3. The Morgan fingerprint density at radius 3 is 2.29 bits per heavy atom. The van der Waals surface area contributed by atoms with Crippen molar-refractivity contribution in [3.05, 3.63) is 90.8 Å². The van der Waals surface area contributed by atoms with E-state index in [0.717, 1.165) is 33.6 Å². The molecule has 0 radical (unpaired) electrons. The lowest BCUT2D eigenvalue weighted by molar-refractivity contribution is 0.282. The van der Waals surface area contributed by atoms with E-state index in [-0.39, 0.29) is 12.4 Å². The molecule has 3 rings (SSSR count). The Morgan fingerprint density at radius 2 is 1.61 bits per heavy atom. The summed E-state index contributed by atoms with van der Waals surface area (Å²) in [6.45, 7) is 1.88. The van der Waals surface area contributed by atoms with E-state index in [9.17, 15) is 0 Å². The molecule has 3 aromatic carbocycles. The molecule has 3 nitrogen and oxygen atoms in total. The van der Waals surface area contributed by atoms with Gasteiger partial charge in [-0.2, -0.15) is 0 Å². The lowest BCUT2D eigenvalue weighted by Crippen LogP contribution is -2.16. The lowest BCUT2D eigenvalue weighted by Gasteiger charge is -2.15. The maximum absolute atomic E-state index is 6.24. The van der Waals surface area contributed by atoms with Crippen molar-refractivity contribution in [2.24, 2.45) is 0 Å². The van der Waals surface area contributed by atoms with Gasteiger partial charge in [-0.15, -0.1) is 12.4 Å². The summed E-state index contributed by atoms with van der Waals surface area (Å²) < 4.78 is 12.3. The second kappa shape index (κ2) is 12.8. The minimum atomic E-state index is 0. The summed E-state index contributed by atoms with van der Waals surface area (Å²) in [4.78, 5) is 0. The minimum Gasteiger partial charge on any atom is -0.493 e. The average molecular weight is 566 g/mol. The van der Waals surface area contributed by atoms with Gasteiger partial charge in [0.1, 0.15) is 6.61 Å². The van der Waals surface area contributed by atoms with Crippen LogP contribution in [0.3, 0.4) is 0 Å². The Labute approximate surface area is 212 Å². The van der Waals surface area contributed by atoms with Crippen molar-refractivity contribution >= 4 is 63.1 Å². The molecule has 8 heteroatoms. The topological polar surface area (TPSA) is 30.5 Å².